The molecule has 110 valence electrons. The molecule has 1 heterocycles. The van der Waals surface area contributed by atoms with Crippen molar-refractivity contribution in [2.24, 2.45) is 0 Å². The minimum atomic E-state index is -0.226. The standard InChI is InChI=1S/C16H24N2O2/c1-5-20-16(2,3)11-17-13-10-15(19)18(4)14-9-7-6-8-12(13)14/h6-9,13,17H,5,10-11H2,1-4H3. The van der Waals surface area contributed by atoms with E-state index in [2.05, 4.69) is 25.2 Å². The van der Waals surface area contributed by atoms with Gasteiger partial charge in [-0.3, -0.25) is 4.79 Å². The molecule has 4 nitrogen and oxygen atoms in total. The molecule has 1 N–H and O–H groups in total. The smallest absolute Gasteiger partial charge is 0.228 e. The lowest BCUT2D eigenvalue weighted by atomic mass is 9.95. The fourth-order valence-electron chi connectivity index (χ4n) is 2.64. The van der Waals surface area contributed by atoms with Crippen molar-refractivity contribution in [3.8, 4) is 0 Å². The van der Waals surface area contributed by atoms with Gasteiger partial charge in [0.25, 0.3) is 0 Å². The Labute approximate surface area is 121 Å². The summed E-state index contributed by atoms with van der Waals surface area (Å²) in [5.74, 6) is 0.149. The summed E-state index contributed by atoms with van der Waals surface area (Å²) in [5, 5.41) is 3.48. The third-order valence-corrected chi connectivity index (χ3v) is 3.74. The van der Waals surface area contributed by atoms with Gasteiger partial charge in [0.1, 0.15) is 0 Å². The minimum Gasteiger partial charge on any atom is -0.375 e. The Kier molecular flexibility index (Phi) is 4.45. The molecule has 0 radical (unpaired) electrons. The summed E-state index contributed by atoms with van der Waals surface area (Å²) in [4.78, 5) is 13.8. The van der Waals surface area contributed by atoms with Gasteiger partial charge in [0, 0.05) is 38.3 Å². The molecule has 0 aliphatic carbocycles. The Bertz CT molecular complexity index is 485. The second kappa shape index (κ2) is 5.94. The van der Waals surface area contributed by atoms with Crippen molar-refractivity contribution in [2.45, 2.75) is 38.8 Å². The molecular formula is C16H24N2O2. The molecule has 4 heteroatoms. The fraction of sp³-hybridized carbons (Fsp3) is 0.562. The van der Waals surface area contributed by atoms with Crippen LogP contribution in [0.5, 0.6) is 0 Å². The topological polar surface area (TPSA) is 41.6 Å². The molecule has 0 fully saturated rings. The third-order valence-electron chi connectivity index (χ3n) is 3.74. The number of carbonyl (C=O) groups excluding carboxylic acids is 1. The van der Waals surface area contributed by atoms with Gasteiger partial charge in [-0.1, -0.05) is 18.2 Å². The number of fused-ring (bicyclic) bond motifs is 1. The Morgan fingerprint density at radius 1 is 1.40 bits per heavy atom. The van der Waals surface area contributed by atoms with E-state index in [1.165, 1.54) is 5.56 Å². The number of nitrogens with zero attached hydrogens (tertiary/aromatic N) is 1. The number of ether oxygens (including phenoxy) is 1. The van der Waals surface area contributed by atoms with E-state index >= 15 is 0 Å². The van der Waals surface area contributed by atoms with Crippen molar-refractivity contribution in [3.05, 3.63) is 29.8 Å². The van der Waals surface area contributed by atoms with E-state index in [1.807, 2.05) is 32.2 Å². The second-order valence-electron chi connectivity index (χ2n) is 5.84. The molecule has 1 aliphatic heterocycles. The number of carbonyl (C=O) groups is 1. The van der Waals surface area contributed by atoms with Crippen LogP contribution in [0.4, 0.5) is 5.69 Å². The molecule has 1 atom stereocenters. The molecule has 1 amide bonds. The first-order valence-corrected chi connectivity index (χ1v) is 7.17. The molecular weight excluding hydrogens is 252 g/mol. The average molecular weight is 276 g/mol. The van der Waals surface area contributed by atoms with Gasteiger partial charge in [0.05, 0.1) is 5.60 Å². The summed E-state index contributed by atoms with van der Waals surface area (Å²) in [6.45, 7) is 7.53. The van der Waals surface area contributed by atoms with Crippen molar-refractivity contribution in [2.75, 3.05) is 25.1 Å². The van der Waals surface area contributed by atoms with Crippen molar-refractivity contribution in [1.82, 2.24) is 5.32 Å². The molecule has 20 heavy (non-hydrogen) atoms. The van der Waals surface area contributed by atoms with Gasteiger partial charge in [-0.15, -0.1) is 0 Å². The van der Waals surface area contributed by atoms with Gasteiger partial charge in [0.2, 0.25) is 5.91 Å². The predicted molar refractivity (Wildman–Crippen MR) is 80.9 cm³/mol. The monoisotopic (exact) mass is 276 g/mol. The van der Waals surface area contributed by atoms with Crippen LogP contribution in [0.15, 0.2) is 24.3 Å². The van der Waals surface area contributed by atoms with E-state index in [0.717, 1.165) is 12.2 Å². The fourth-order valence-corrected chi connectivity index (χ4v) is 2.64. The number of hydrogen-bond donors (Lipinski definition) is 1. The van der Waals surface area contributed by atoms with Crippen LogP contribution in [-0.2, 0) is 9.53 Å². The Morgan fingerprint density at radius 2 is 2.10 bits per heavy atom. The maximum atomic E-state index is 12.1. The molecule has 1 aliphatic rings. The molecule has 0 spiro atoms. The van der Waals surface area contributed by atoms with Gasteiger partial charge in [-0.2, -0.15) is 0 Å². The van der Waals surface area contributed by atoms with Crippen molar-refractivity contribution < 1.29 is 9.53 Å². The zero-order chi connectivity index (χ0) is 14.8. The number of anilines is 1. The van der Waals surface area contributed by atoms with Crippen LogP contribution >= 0.6 is 0 Å². The van der Waals surface area contributed by atoms with Crippen LogP contribution in [0.1, 0.15) is 38.8 Å². The van der Waals surface area contributed by atoms with Crippen LogP contribution < -0.4 is 10.2 Å². The molecule has 1 unspecified atom stereocenters. The zero-order valence-corrected chi connectivity index (χ0v) is 12.8. The average Bonchev–Trinajstić information content (AvgIpc) is 2.41. The lowest BCUT2D eigenvalue weighted by Gasteiger charge is -2.34. The highest BCUT2D eigenvalue weighted by molar-refractivity contribution is 5.96. The van der Waals surface area contributed by atoms with E-state index in [0.29, 0.717) is 13.0 Å². The van der Waals surface area contributed by atoms with Crippen LogP contribution in [0.25, 0.3) is 0 Å². The molecule has 1 aromatic carbocycles. The van der Waals surface area contributed by atoms with E-state index in [4.69, 9.17) is 4.74 Å². The van der Waals surface area contributed by atoms with E-state index in [9.17, 15) is 4.79 Å². The molecule has 0 saturated carbocycles. The third kappa shape index (κ3) is 3.19. The number of para-hydroxylation sites is 1. The van der Waals surface area contributed by atoms with Crippen LogP contribution in [0.2, 0.25) is 0 Å². The maximum Gasteiger partial charge on any atom is 0.228 e. The summed E-state index contributed by atoms with van der Waals surface area (Å²) in [6.07, 6.45) is 0.496. The van der Waals surface area contributed by atoms with Gasteiger partial charge >= 0.3 is 0 Å². The highest BCUT2D eigenvalue weighted by Crippen LogP contribution is 2.33. The summed E-state index contributed by atoms with van der Waals surface area (Å²) < 4.78 is 5.70. The molecule has 2 rings (SSSR count). The quantitative estimate of drug-likeness (QED) is 0.898. The number of benzene rings is 1. The number of nitrogens with one attached hydrogen (secondary N) is 1. The zero-order valence-electron chi connectivity index (χ0n) is 12.8. The lowest BCUT2D eigenvalue weighted by molar-refractivity contribution is -0.119. The van der Waals surface area contributed by atoms with Gasteiger partial charge in [-0.05, 0) is 32.4 Å². The van der Waals surface area contributed by atoms with Crippen LogP contribution in [0.3, 0.4) is 0 Å². The van der Waals surface area contributed by atoms with E-state index in [-0.39, 0.29) is 17.6 Å². The summed E-state index contributed by atoms with van der Waals surface area (Å²) in [7, 11) is 1.83. The van der Waals surface area contributed by atoms with Gasteiger partial charge in [0.15, 0.2) is 0 Å². The number of hydrogen-bond acceptors (Lipinski definition) is 3. The SMILES string of the molecule is CCOC(C)(C)CNC1CC(=O)N(C)c2ccccc21. The summed E-state index contributed by atoms with van der Waals surface area (Å²) >= 11 is 0. The largest absolute Gasteiger partial charge is 0.375 e. The van der Waals surface area contributed by atoms with Crippen LogP contribution in [0, 0.1) is 0 Å². The lowest BCUT2D eigenvalue weighted by Crippen LogP contribution is -2.43. The van der Waals surface area contributed by atoms with Crippen molar-refractivity contribution in [1.29, 1.82) is 0 Å². The first-order chi connectivity index (χ1) is 9.44. The highest BCUT2D eigenvalue weighted by atomic mass is 16.5. The number of amides is 1. The summed E-state index contributed by atoms with van der Waals surface area (Å²) in [5.41, 5.74) is 1.95. The van der Waals surface area contributed by atoms with Crippen LogP contribution in [-0.4, -0.2) is 31.7 Å². The van der Waals surface area contributed by atoms with Gasteiger partial charge in [-0.25, -0.2) is 0 Å². The maximum absolute atomic E-state index is 12.1. The number of rotatable bonds is 5. The molecule has 0 bridgehead atoms. The Morgan fingerprint density at radius 3 is 2.80 bits per heavy atom. The Hall–Kier alpha value is -1.39. The second-order valence-corrected chi connectivity index (χ2v) is 5.84. The molecule has 0 saturated heterocycles. The first kappa shape index (κ1) is 15.0. The highest BCUT2D eigenvalue weighted by Gasteiger charge is 2.30. The van der Waals surface area contributed by atoms with E-state index in [1.54, 1.807) is 4.90 Å². The summed E-state index contributed by atoms with van der Waals surface area (Å²) in [6, 6.07) is 8.13. The van der Waals surface area contributed by atoms with Crippen molar-refractivity contribution in [3.63, 3.8) is 0 Å². The van der Waals surface area contributed by atoms with Crippen molar-refractivity contribution >= 4 is 11.6 Å². The first-order valence-electron chi connectivity index (χ1n) is 7.17. The predicted octanol–water partition coefficient (Wildman–Crippen LogP) is 2.50. The van der Waals surface area contributed by atoms with E-state index < -0.39 is 0 Å². The van der Waals surface area contributed by atoms with Gasteiger partial charge < -0.3 is 15.0 Å². The molecule has 1 aromatic rings. The Balaban J connectivity index is 2.13. The minimum absolute atomic E-state index is 0.0645. The molecule has 0 aromatic heterocycles. The normalized spacial score (nSPS) is 19.1.